The molecule has 0 bridgehead atoms. The van der Waals surface area contributed by atoms with Gasteiger partial charge in [-0.25, -0.2) is 0 Å². The molecule has 0 aromatic heterocycles. The highest BCUT2D eigenvalue weighted by Crippen LogP contribution is 2.49. The molecule has 0 aliphatic heterocycles. The molecule has 8 heteroatoms. The number of aryl methyl sites for hydroxylation is 1. The van der Waals surface area contributed by atoms with Crippen LogP contribution in [0, 0.1) is 17.0 Å². The first-order valence-corrected chi connectivity index (χ1v) is 7.13. The summed E-state index contributed by atoms with van der Waals surface area (Å²) in [6.07, 6.45) is 0. The van der Waals surface area contributed by atoms with Gasteiger partial charge in [-0.05, 0) is 18.6 Å². The Bertz CT molecular complexity index is 470. The van der Waals surface area contributed by atoms with Gasteiger partial charge in [-0.15, -0.1) is 0 Å². The average molecular weight is 277 g/mol. The number of hydrogen-bond acceptors (Lipinski definition) is 6. The van der Waals surface area contributed by atoms with Crippen molar-refractivity contribution in [2.24, 2.45) is 0 Å². The van der Waals surface area contributed by atoms with Crippen LogP contribution >= 0.6 is 6.72 Å². The fourth-order valence-electron chi connectivity index (χ4n) is 1.07. The van der Waals surface area contributed by atoms with Crippen LogP contribution in [0.3, 0.4) is 0 Å². The monoisotopic (exact) mass is 277 g/mol. The zero-order valence-corrected chi connectivity index (χ0v) is 11.3. The van der Waals surface area contributed by atoms with Crippen molar-refractivity contribution in [1.82, 2.24) is 0 Å². The minimum atomic E-state index is -2.87. The van der Waals surface area contributed by atoms with E-state index in [0.717, 1.165) is 5.56 Å². The van der Waals surface area contributed by atoms with Crippen LogP contribution in [0.15, 0.2) is 18.2 Å². The maximum atomic E-state index is 10.6. The summed E-state index contributed by atoms with van der Waals surface area (Å²) in [5.74, 6) is 0.297. The summed E-state index contributed by atoms with van der Waals surface area (Å²) in [4.78, 5) is 10.1. The smallest absolute Gasteiger partial charge is 0.380 e. The van der Waals surface area contributed by atoms with Gasteiger partial charge in [-0.2, -0.15) is 0 Å². The summed E-state index contributed by atoms with van der Waals surface area (Å²) in [6.45, 7) is -1.12. The van der Waals surface area contributed by atoms with Crippen molar-refractivity contribution in [3.63, 3.8) is 0 Å². The first-order valence-electron chi connectivity index (χ1n) is 4.58. The molecule has 0 fully saturated rings. The van der Waals surface area contributed by atoms with E-state index in [4.69, 9.17) is 25.4 Å². The molecule has 17 heavy (non-hydrogen) atoms. The highest BCUT2D eigenvalue weighted by Gasteiger charge is 2.21. The van der Waals surface area contributed by atoms with Gasteiger partial charge in [0.1, 0.15) is 5.75 Å². The van der Waals surface area contributed by atoms with Crippen molar-refractivity contribution < 1.29 is 18.5 Å². The Kier molecular flexibility index (Phi) is 4.59. The Morgan fingerprint density at radius 1 is 1.35 bits per heavy atom. The summed E-state index contributed by atoms with van der Waals surface area (Å²) >= 11 is 5.03. The molecule has 1 aromatic carbocycles. The zero-order chi connectivity index (χ0) is 13.1. The first kappa shape index (κ1) is 14.1. The van der Waals surface area contributed by atoms with Crippen molar-refractivity contribution in [3.05, 3.63) is 33.9 Å². The maximum Gasteiger partial charge on any atom is 0.380 e. The van der Waals surface area contributed by atoms with Gasteiger partial charge in [0.2, 0.25) is 0 Å². The third kappa shape index (κ3) is 3.47. The van der Waals surface area contributed by atoms with Crippen LogP contribution in [-0.2, 0) is 20.9 Å². The molecule has 0 saturated carbocycles. The van der Waals surface area contributed by atoms with Crippen molar-refractivity contribution >= 4 is 24.2 Å². The van der Waals surface area contributed by atoms with E-state index in [0.29, 0.717) is 5.75 Å². The minimum absolute atomic E-state index is 0.0700. The van der Waals surface area contributed by atoms with E-state index >= 15 is 0 Å². The van der Waals surface area contributed by atoms with Crippen LogP contribution < -0.4 is 4.52 Å². The second kappa shape index (κ2) is 5.55. The van der Waals surface area contributed by atoms with Gasteiger partial charge >= 0.3 is 6.72 Å². The molecule has 0 heterocycles. The number of hydrogen-bond donors (Lipinski definition) is 0. The Balaban J connectivity index is 3.09. The van der Waals surface area contributed by atoms with E-state index in [-0.39, 0.29) is 5.69 Å². The predicted molar refractivity (Wildman–Crippen MR) is 66.8 cm³/mol. The van der Waals surface area contributed by atoms with Crippen LogP contribution in [0.2, 0.25) is 0 Å². The molecule has 94 valence electrons. The van der Waals surface area contributed by atoms with E-state index in [2.05, 4.69) is 0 Å². The summed E-state index contributed by atoms with van der Waals surface area (Å²) < 4.78 is 15.3. The van der Waals surface area contributed by atoms with Gasteiger partial charge in [-0.3, -0.25) is 10.1 Å². The van der Waals surface area contributed by atoms with Gasteiger partial charge in [0.25, 0.3) is 5.69 Å². The fraction of sp³-hybridized carbons (Fsp3) is 0.333. The van der Waals surface area contributed by atoms with E-state index in [1.165, 1.54) is 26.4 Å². The zero-order valence-electron chi connectivity index (χ0n) is 9.58. The van der Waals surface area contributed by atoms with E-state index in [1.54, 1.807) is 13.0 Å². The summed E-state index contributed by atoms with van der Waals surface area (Å²) in [7, 11) is 2.74. The van der Waals surface area contributed by atoms with Crippen molar-refractivity contribution in [3.8, 4) is 5.75 Å². The highest BCUT2D eigenvalue weighted by atomic mass is 32.5. The molecular weight excluding hydrogens is 265 g/mol. The number of rotatable bonds is 5. The molecule has 0 spiro atoms. The number of nitrogens with zero attached hydrogens (tertiary/aromatic N) is 1. The number of nitro groups is 1. The van der Waals surface area contributed by atoms with Crippen LogP contribution in [-0.4, -0.2) is 19.1 Å². The Labute approximate surface area is 104 Å². The number of nitro benzene ring substituents is 1. The Morgan fingerprint density at radius 3 is 2.41 bits per heavy atom. The lowest BCUT2D eigenvalue weighted by Gasteiger charge is -2.19. The molecule has 0 atom stereocenters. The largest absolute Gasteiger partial charge is 0.424 e. The second-order valence-corrected chi connectivity index (χ2v) is 6.26. The van der Waals surface area contributed by atoms with Crippen LogP contribution in [0.1, 0.15) is 5.56 Å². The standard InChI is InChI=1S/C9H12NO5PS/c1-7-4-5-8(10(11)12)6-9(7)15-16(17,13-2)14-3/h4-6H,1-3H3. The molecule has 0 radical (unpaired) electrons. The van der Waals surface area contributed by atoms with Crippen LogP contribution in [0.4, 0.5) is 5.69 Å². The van der Waals surface area contributed by atoms with Crippen LogP contribution in [0.5, 0.6) is 5.75 Å². The summed E-state index contributed by atoms with van der Waals surface area (Å²) in [6, 6.07) is 4.28. The first-order chi connectivity index (χ1) is 7.91. The highest BCUT2D eigenvalue weighted by molar-refractivity contribution is 8.07. The third-order valence-corrected chi connectivity index (χ3v) is 4.47. The fourth-order valence-corrected chi connectivity index (χ4v) is 2.05. The molecule has 0 N–H and O–H groups in total. The predicted octanol–water partition coefficient (Wildman–Crippen LogP) is 2.80. The molecule has 0 aliphatic carbocycles. The molecular formula is C9H12NO5PS. The van der Waals surface area contributed by atoms with Crippen LogP contribution in [0.25, 0.3) is 0 Å². The lowest BCUT2D eigenvalue weighted by Crippen LogP contribution is -1.99. The molecule has 1 aromatic rings. The lowest BCUT2D eigenvalue weighted by atomic mass is 10.2. The third-order valence-electron chi connectivity index (χ3n) is 2.04. The molecule has 6 nitrogen and oxygen atoms in total. The van der Waals surface area contributed by atoms with Gasteiger partial charge in [0.15, 0.2) is 0 Å². The van der Waals surface area contributed by atoms with Gasteiger partial charge in [0, 0.05) is 32.1 Å². The molecule has 1 rings (SSSR count). The molecule has 0 aliphatic rings. The molecule has 0 amide bonds. The van der Waals surface area contributed by atoms with Gasteiger partial charge in [-0.1, -0.05) is 0 Å². The van der Waals surface area contributed by atoms with Crippen molar-refractivity contribution in [2.45, 2.75) is 6.92 Å². The molecule has 0 unspecified atom stereocenters. The summed E-state index contributed by atoms with van der Waals surface area (Å²) in [5.41, 5.74) is 0.651. The average Bonchev–Trinajstić information content (AvgIpc) is 2.31. The van der Waals surface area contributed by atoms with Gasteiger partial charge < -0.3 is 13.6 Å². The SMILES string of the molecule is COP(=S)(OC)Oc1cc([N+](=O)[O-])ccc1C. The quantitative estimate of drug-likeness (QED) is 0.468. The molecule has 0 saturated heterocycles. The summed E-state index contributed by atoms with van der Waals surface area (Å²) in [5, 5.41) is 10.6. The van der Waals surface area contributed by atoms with E-state index < -0.39 is 11.6 Å². The lowest BCUT2D eigenvalue weighted by molar-refractivity contribution is -0.384. The Morgan fingerprint density at radius 2 is 1.94 bits per heavy atom. The van der Waals surface area contributed by atoms with E-state index in [1.807, 2.05) is 0 Å². The van der Waals surface area contributed by atoms with Crippen molar-refractivity contribution in [2.75, 3.05) is 14.2 Å². The Hall–Kier alpha value is -1.01. The second-order valence-electron chi connectivity index (χ2n) is 3.11. The normalized spacial score (nSPS) is 11.2. The minimum Gasteiger partial charge on any atom is -0.424 e. The van der Waals surface area contributed by atoms with E-state index in [9.17, 15) is 10.1 Å². The van der Waals surface area contributed by atoms with Gasteiger partial charge in [0.05, 0.1) is 11.0 Å². The number of benzene rings is 1. The maximum absolute atomic E-state index is 10.6. The number of non-ortho nitro benzene ring substituents is 1. The topological polar surface area (TPSA) is 70.8 Å². The van der Waals surface area contributed by atoms with Crippen molar-refractivity contribution in [1.29, 1.82) is 0 Å².